The Morgan fingerprint density at radius 1 is 1.26 bits per heavy atom. The molecule has 1 N–H and O–H groups in total. The Balaban J connectivity index is 2.28. The van der Waals surface area contributed by atoms with E-state index in [4.69, 9.17) is 5.11 Å². The van der Waals surface area contributed by atoms with Crippen molar-refractivity contribution in [2.24, 2.45) is 0 Å². The Hall–Kier alpha value is -0.980. The highest BCUT2D eigenvalue weighted by Gasteiger charge is 2.32. The van der Waals surface area contributed by atoms with Gasteiger partial charge in [0.05, 0.1) is 4.90 Å². The molecule has 0 amide bonds. The van der Waals surface area contributed by atoms with E-state index in [1.807, 2.05) is 0 Å². The minimum atomic E-state index is -3.59. The van der Waals surface area contributed by atoms with Gasteiger partial charge >= 0.3 is 0 Å². The first kappa shape index (κ1) is 14.4. The molecule has 1 aromatic carbocycles. The molecule has 0 spiro atoms. The van der Waals surface area contributed by atoms with E-state index in [0.29, 0.717) is 13.0 Å². The van der Waals surface area contributed by atoms with Crippen molar-refractivity contribution in [1.82, 2.24) is 4.31 Å². The van der Waals surface area contributed by atoms with Gasteiger partial charge in [-0.2, -0.15) is 4.31 Å². The van der Waals surface area contributed by atoms with E-state index in [1.54, 1.807) is 0 Å². The SMILES string of the molecule is O=S(=O)(c1ccc(F)cc1)N1CCCCC1CCO. The number of hydrogen-bond acceptors (Lipinski definition) is 3. The molecule has 0 radical (unpaired) electrons. The molecular weight excluding hydrogens is 269 g/mol. The lowest BCUT2D eigenvalue weighted by atomic mass is 10.0. The molecule has 1 heterocycles. The molecular formula is C13H18FNO3S. The fourth-order valence-electron chi connectivity index (χ4n) is 2.47. The van der Waals surface area contributed by atoms with Gasteiger partial charge in [0.15, 0.2) is 0 Å². The Kier molecular flexibility index (Phi) is 4.54. The first-order valence-electron chi connectivity index (χ1n) is 6.44. The third-order valence-corrected chi connectivity index (χ3v) is 5.42. The third-order valence-electron chi connectivity index (χ3n) is 3.46. The van der Waals surface area contributed by atoms with E-state index in [1.165, 1.54) is 16.4 Å². The van der Waals surface area contributed by atoms with Crippen molar-refractivity contribution >= 4 is 10.0 Å². The van der Waals surface area contributed by atoms with E-state index in [9.17, 15) is 12.8 Å². The summed E-state index contributed by atoms with van der Waals surface area (Å²) in [7, 11) is -3.59. The Morgan fingerprint density at radius 2 is 1.95 bits per heavy atom. The van der Waals surface area contributed by atoms with Gasteiger partial charge in [0.2, 0.25) is 10.0 Å². The second kappa shape index (κ2) is 5.98. The smallest absolute Gasteiger partial charge is 0.243 e. The Bertz CT molecular complexity index is 513. The van der Waals surface area contributed by atoms with Gasteiger partial charge in [0, 0.05) is 19.2 Å². The van der Waals surface area contributed by atoms with E-state index >= 15 is 0 Å². The monoisotopic (exact) mass is 287 g/mol. The third kappa shape index (κ3) is 3.13. The number of nitrogens with zero attached hydrogens (tertiary/aromatic N) is 1. The van der Waals surface area contributed by atoms with E-state index in [2.05, 4.69) is 0 Å². The van der Waals surface area contributed by atoms with E-state index in [-0.39, 0.29) is 17.5 Å². The molecule has 19 heavy (non-hydrogen) atoms. The average Bonchev–Trinajstić information content (AvgIpc) is 2.40. The van der Waals surface area contributed by atoms with Crippen LogP contribution in [0.4, 0.5) is 4.39 Å². The molecule has 0 aliphatic carbocycles. The van der Waals surface area contributed by atoms with Crippen molar-refractivity contribution in [2.75, 3.05) is 13.2 Å². The van der Waals surface area contributed by atoms with Crippen LogP contribution in [-0.4, -0.2) is 37.0 Å². The highest BCUT2D eigenvalue weighted by molar-refractivity contribution is 7.89. The fourth-order valence-corrected chi connectivity index (χ4v) is 4.19. The van der Waals surface area contributed by atoms with Crippen molar-refractivity contribution < 1.29 is 17.9 Å². The van der Waals surface area contributed by atoms with Crippen LogP contribution in [0.1, 0.15) is 25.7 Å². The largest absolute Gasteiger partial charge is 0.396 e. The van der Waals surface area contributed by atoms with Gasteiger partial charge < -0.3 is 5.11 Å². The van der Waals surface area contributed by atoms with E-state index < -0.39 is 15.8 Å². The van der Waals surface area contributed by atoms with Gasteiger partial charge in [0.1, 0.15) is 5.82 Å². The summed E-state index contributed by atoms with van der Waals surface area (Å²) in [5.41, 5.74) is 0. The zero-order valence-corrected chi connectivity index (χ0v) is 11.4. The fraction of sp³-hybridized carbons (Fsp3) is 0.538. The number of halogens is 1. The van der Waals surface area contributed by atoms with Crippen molar-refractivity contribution in [3.63, 3.8) is 0 Å². The maximum Gasteiger partial charge on any atom is 0.243 e. The molecule has 106 valence electrons. The predicted octanol–water partition coefficient (Wildman–Crippen LogP) is 1.75. The zero-order valence-electron chi connectivity index (χ0n) is 10.6. The molecule has 2 rings (SSSR count). The lowest BCUT2D eigenvalue weighted by Gasteiger charge is -2.34. The summed E-state index contributed by atoms with van der Waals surface area (Å²) < 4.78 is 39.3. The van der Waals surface area contributed by atoms with Gasteiger partial charge in [-0.3, -0.25) is 0 Å². The highest BCUT2D eigenvalue weighted by atomic mass is 32.2. The molecule has 1 aliphatic rings. The molecule has 1 saturated heterocycles. The Morgan fingerprint density at radius 3 is 2.58 bits per heavy atom. The van der Waals surface area contributed by atoms with Crippen LogP contribution in [-0.2, 0) is 10.0 Å². The first-order valence-corrected chi connectivity index (χ1v) is 7.88. The van der Waals surface area contributed by atoms with Gasteiger partial charge in [-0.15, -0.1) is 0 Å². The summed E-state index contributed by atoms with van der Waals surface area (Å²) in [6.07, 6.45) is 3.00. The molecule has 1 fully saturated rings. The maximum absolute atomic E-state index is 12.9. The summed E-state index contributed by atoms with van der Waals surface area (Å²) >= 11 is 0. The van der Waals surface area contributed by atoms with Gasteiger partial charge in [-0.25, -0.2) is 12.8 Å². The summed E-state index contributed by atoms with van der Waals surface area (Å²) in [4.78, 5) is 0.110. The first-order chi connectivity index (χ1) is 9.05. The van der Waals surface area contributed by atoms with Crippen LogP contribution in [0.3, 0.4) is 0 Å². The van der Waals surface area contributed by atoms with Crippen molar-refractivity contribution in [3.8, 4) is 0 Å². The highest BCUT2D eigenvalue weighted by Crippen LogP contribution is 2.26. The average molecular weight is 287 g/mol. The van der Waals surface area contributed by atoms with Crippen LogP contribution in [0.2, 0.25) is 0 Å². The molecule has 4 nitrogen and oxygen atoms in total. The van der Waals surface area contributed by atoms with E-state index in [0.717, 1.165) is 31.4 Å². The van der Waals surface area contributed by atoms with Crippen molar-refractivity contribution in [1.29, 1.82) is 0 Å². The predicted molar refractivity (Wildman–Crippen MR) is 69.6 cm³/mol. The maximum atomic E-state index is 12.9. The number of aliphatic hydroxyl groups is 1. The minimum absolute atomic E-state index is 0.0277. The standard InChI is InChI=1S/C13H18FNO3S/c14-11-4-6-13(7-5-11)19(17,18)15-9-2-1-3-12(15)8-10-16/h4-7,12,16H,1-3,8-10H2. The normalized spacial score (nSPS) is 21.5. The lowest BCUT2D eigenvalue weighted by Crippen LogP contribution is -2.44. The molecule has 1 aromatic rings. The molecule has 0 aromatic heterocycles. The van der Waals surface area contributed by atoms with Crippen LogP contribution in [0.25, 0.3) is 0 Å². The van der Waals surface area contributed by atoms with Crippen LogP contribution >= 0.6 is 0 Å². The second-order valence-corrected chi connectivity index (χ2v) is 6.62. The number of rotatable bonds is 4. The molecule has 6 heteroatoms. The van der Waals surface area contributed by atoms with Crippen LogP contribution in [0.5, 0.6) is 0 Å². The molecule has 1 aliphatic heterocycles. The molecule has 0 bridgehead atoms. The zero-order chi connectivity index (χ0) is 13.9. The summed E-state index contributed by atoms with van der Waals surface area (Å²) in [5.74, 6) is -0.454. The lowest BCUT2D eigenvalue weighted by molar-refractivity contribution is 0.192. The number of hydrogen-bond donors (Lipinski definition) is 1. The quantitative estimate of drug-likeness (QED) is 0.918. The van der Waals surface area contributed by atoms with Gasteiger partial charge in [0.25, 0.3) is 0 Å². The van der Waals surface area contributed by atoms with Crippen LogP contribution < -0.4 is 0 Å². The van der Waals surface area contributed by atoms with Crippen LogP contribution in [0.15, 0.2) is 29.2 Å². The van der Waals surface area contributed by atoms with Crippen LogP contribution in [0, 0.1) is 5.82 Å². The van der Waals surface area contributed by atoms with Gasteiger partial charge in [-0.05, 0) is 43.5 Å². The topological polar surface area (TPSA) is 57.6 Å². The van der Waals surface area contributed by atoms with Gasteiger partial charge in [-0.1, -0.05) is 6.42 Å². The number of benzene rings is 1. The Labute approximate surface area is 112 Å². The molecule has 1 unspecified atom stereocenters. The number of piperidine rings is 1. The molecule has 1 atom stereocenters. The summed E-state index contributed by atoms with van der Waals surface area (Å²) in [6.45, 7) is 0.435. The molecule has 0 saturated carbocycles. The minimum Gasteiger partial charge on any atom is -0.396 e. The second-order valence-electron chi connectivity index (χ2n) is 4.73. The number of aliphatic hydroxyl groups excluding tert-OH is 1. The van der Waals surface area contributed by atoms with Crippen molar-refractivity contribution in [2.45, 2.75) is 36.6 Å². The summed E-state index contributed by atoms with van der Waals surface area (Å²) in [5, 5.41) is 9.04. The summed E-state index contributed by atoms with van der Waals surface area (Å²) in [6, 6.07) is 4.72. The van der Waals surface area contributed by atoms with Crippen molar-refractivity contribution in [3.05, 3.63) is 30.1 Å². The number of sulfonamides is 1.